The molecular formula is C13H13F2NO2. The molecule has 0 spiro atoms. The number of benzene rings is 1. The van der Waals surface area contributed by atoms with Crippen LogP contribution in [0, 0.1) is 0 Å². The Labute approximate surface area is 103 Å². The smallest absolute Gasteiger partial charge is 0.383 e. The highest BCUT2D eigenvalue weighted by atomic mass is 19.3. The van der Waals surface area contributed by atoms with Gasteiger partial charge in [0.1, 0.15) is 5.69 Å². The summed E-state index contributed by atoms with van der Waals surface area (Å²) in [4.78, 5) is 11.3. The maximum Gasteiger partial charge on any atom is 0.383 e. The maximum atomic E-state index is 13.9. The van der Waals surface area contributed by atoms with Crippen molar-refractivity contribution in [2.24, 2.45) is 7.05 Å². The highest BCUT2D eigenvalue weighted by Gasteiger charge is 2.45. The highest BCUT2D eigenvalue weighted by molar-refractivity contribution is 5.85. The topological polar surface area (TPSA) is 31.2 Å². The third-order valence-corrected chi connectivity index (χ3v) is 2.81. The molecule has 0 atom stereocenters. The van der Waals surface area contributed by atoms with Crippen molar-refractivity contribution in [1.82, 2.24) is 4.57 Å². The number of fused-ring (bicyclic) bond motifs is 1. The van der Waals surface area contributed by atoms with Crippen LogP contribution >= 0.6 is 0 Å². The van der Waals surface area contributed by atoms with Gasteiger partial charge in [0.2, 0.25) is 0 Å². The number of carbonyl (C=O) groups is 1. The lowest BCUT2D eigenvalue weighted by molar-refractivity contribution is -0.173. The van der Waals surface area contributed by atoms with E-state index in [4.69, 9.17) is 0 Å². The number of hydrogen-bond donors (Lipinski definition) is 0. The van der Waals surface area contributed by atoms with Crippen molar-refractivity contribution >= 4 is 16.9 Å². The maximum absolute atomic E-state index is 13.9. The summed E-state index contributed by atoms with van der Waals surface area (Å²) in [7, 11) is 1.50. The average Bonchev–Trinajstić information content (AvgIpc) is 2.68. The van der Waals surface area contributed by atoms with Crippen molar-refractivity contribution < 1.29 is 18.3 Å². The zero-order chi connectivity index (χ0) is 13.3. The van der Waals surface area contributed by atoms with Gasteiger partial charge in [0.15, 0.2) is 0 Å². The van der Waals surface area contributed by atoms with Gasteiger partial charge in [-0.1, -0.05) is 18.2 Å². The molecule has 2 aromatic rings. The zero-order valence-electron chi connectivity index (χ0n) is 10.1. The molecule has 0 N–H and O–H groups in total. The second-order valence-corrected chi connectivity index (χ2v) is 3.94. The van der Waals surface area contributed by atoms with Crippen LogP contribution in [0.2, 0.25) is 0 Å². The number of rotatable bonds is 3. The van der Waals surface area contributed by atoms with E-state index in [0.717, 1.165) is 0 Å². The third-order valence-electron chi connectivity index (χ3n) is 2.81. The summed E-state index contributed by atoms with van der Waals surface area (Å²) >= 11 is 0. The zero-order valence-corrected chi connectivity index (χ0v) is 10.1. The quantitative estimate of drug-likeness (QED) is 0.787. The van der Waals surface area contributed by atoms with E-state index in [1.54, 1.807) is 24.3 Å². The fraction of sp³-hybridized carbons (Fsp3) is 0.308. The molecule has 0 fully saturated rings. The number of para-hydroxylation sites is 1. The summed E-state index contributed by atoms with van der Waals surface area (Å²) in [5.74, 6) is -5.15. The molecule has 18 heavy (non-hydrogen) atoms. The lowest BCUT2D eigenvalue weighted by atomic mass is 10.2. The van der Waals surface area contributed by atoms with Crippen LogP contribution in [-0.4, -0.2) is 17.1 Å². The van der Waals surface area contributed by atoms with E-state index >= 15 is 0 Å². The van der Waals surface area contributed by atoms with Crippen LogP contribution in [0.25, 0.3) is 10.9 Å². The van der Waals surface area contributed by atoms with Gasteiger partial charge in [-0.2, -0.15) is 8.78 Å². The van der Waals surface area contributed by atoms with Gasteiger partial charge >= 0.3 is 11.9 Å². The molecule has 0 amide bonds. The molecule has 0 saturated heterocycles. The number of carbonyl (C=O) groups excluding carboxylic acids is 1. The fourth-order valence-corrected chi connectivity index (χ4v) is 1.92. The Hall–Kier alpha value is -1.91. The van der Waals surface area contributed by atoms with Crippen LogP contribution in [0.1, 0.15) is 12.6 Å². The van der Waals surface area contributed by atoms with Gasteiger partial charge in [-0.15, -0.1) is 0 Å². The molecule has 0 unspecified atom stereocenters. The molecule has 5 heteroatoms. The Bertz CT molecular complexity index is 590. The molecule has 0 aliphatic heterocycles. The van der Waals surface area contributed by atoms with Gasteiger partial charge in [-0.3, -0.25) is 0 Å². The molecule has 0 saturated carbocycles. The van der Waals surface area contributed by atoms with Gasteiger partial charge in [-0.05, 0) is 19.1 Å². The molecular weight excluding hydrogens is 240 g/mol. The molecule has 1 aromatic carbocycles. The van der Waals surface area contributed by atoms with E-state index in [2.05, 4.69) is 4.74 Å². The number of hydrogen-bond acceptors (Lipinski definition) is 2. The van der Waals surface area contributed by atoms with E-state index in [-0.39, 0.29) is 12.3 Å². The summed E-state index contributed by atoms with van der Waals surface area (Å²) in [6, 6.07) is 8.27. The molecule has 3 nitrogen and oxygen atoms in total. The fourth-order valence-electron chi connectivity index (χ4n) is 1.92. The number of alkyl halides is 2. The molecule has 1 heterocycles. The second-order valence-electron chi connectivity index (χ2n) is 3.94. The second kappa shape index (κ2) is 4.40. The lowest BCUT2D eigenvalue weighted by Crippen LogP contribution is -2.30. The Kier molecular flexibility index (Phi) is 3.07. The molecule has 0 radical (unpaired) electrons. The van der Waals surface area contributed by atoms with Crippen molar-refractivity contribution in [2.45, 2.75) is 12.8 Å². The molecule has 2 rings (SSSR count). The number of nitrogens with zero attached hydrogens (tertiary/aromatic N) is 1. The predicted octanol–water partition coefficient (Wildman–Crippen LogP) is 2.83. The summed E-state index contributed by atoms with van der Waals surface area (Å²) in [5.41, 5.74) is 0.290. The molecule has 1 aromatic heterocycles. The first kappa shape index (κ1) is 12.5. The van der Waals surface area contributed by atoms with Crippen LogP contribution in [0.4, 0.5) is 8.78 Å². The van der Waals surface area contributed by atoms with Crippen molar-refractivity contribution in [2.75, 3.05) is 6.61 Å². The Balaban J connectivity index is 2.53. The minimum Gasteiger partial charge on any atom is -0.461 e. The van der Waals surface area contributed by atoms with E-state index in [9.17, 15) is 13.6 Å². The van der Waals surface area contributed by atoms with Crippen LogP contribution < -0.4 is 0 Å². The number of ether oxygens (including phenoxy) is 1. The Morgan fingerprint density at radius 2 is 2.06 bits per heavy atom. The van der Waals surface area contributed by atoms with E-state index in [1.165, 1.54) is 24.6 Å². The summed E-state index contributed by atoms with van der Waals surface area (Å²) < 4.78 is 33.6. The Morgan fingerprint density at radius 3 is 2.67 bits per heavy atom. The molecule has 0 bridgehead atoms. The minimum absolute atomic E-state index is 0.0711. The van der Waals surface area contributed by atoms with Crippen LogP contribution in [0.15, 0.2) is 30.3 Å². The average molecular weight is 253 g/mol. The first-order valence-corrected chi connectivity index (χ1v) is 5.58. The molecule has 96 valence electrons. The largest absolute Gasteiger partial charge is 0.461 e. The van der Waals surface area contributed by atoms with E-state index < -0.39 is 11.9 Å². The number of aryl methyl sites for hydroxylation is 1. The number of esters is 1. The normalized spacial score (nSPS) is 11.8. The monoisotopic (exact) mass is 253 g/mol. The SMILES string of the molecule is CCOC(=O)C(F)(F)c1cc2ccccc2n1C. The van der Waals surface area contributed by atoms with Crippen LogP contribution in [0.3, 0.4) is 0 Å². The summed E-state index contributed by atoms with van der Waals surface area (Å²) in [6.07, 6.45) is 0. The molecule has 0 aliphatic rings. The van der Waals surface area contributed by atoms with Gasteiger partial charge in [0.05, 0.1) is 6.61 Å². The number of aromatic nitrogens is 1. The van der Waals surface area contributed by atoms with Crippen molar-refractivity contribution in [3.05, 3.63) is 36.0 Å². The number of halogens is 2. The van der Waals surface area contributed by atoms with Crippen LogP contribution in [0.5, 0.6) is 0 Å². The first-order chi connectivity index (χ1) is 8.48. The Morgan fingerprint density at radius 1 is 1.39 bits per heavy atom. The predicted molar refractivity (Wildman–Crippen MR) is 63.4 cm³/mol. The summed E-state index contributed by atoms with van der Waals surface area (Å²) in [5, 5.41) is 0.666. The van der Waals surface area contributed by atoms with Crippen molar-refractivity contribution in [3.8, 4) is 0 Å². The summed E-state index contributed by atoms with van der Waals surface area (Å²) in [6.45, 7) is 1.42. The van der Waals surface area contributed by atoms with Crippen molar-refractivity contribution in [1.29, 1.82) is 0 Å². The van der Waals surface area contributed by atoms with Gasteiger partial charge in [0.25, 0.3) is 0 Å². The lowest BCUT2D eigenvalue weighted by Gasteiger charge is -2.15. The standard InChI is InChI=1S/C13H13F2NO2/c1-3-18-12(17)13(14,15)11-8-9-6-4-5-7-10(9)16(11)2/h4-8H,3H2,1-2H3. The highest BCUT2D eigenvalue weighted by Crippen LogP contribution is 2.33. The van der Waals surface area contributed by atoms with Gasteiger partial charge in [0, 0.05) is 18.0 Å². The van der Waals surface area contributed by atoms with E-state index in [1.807, 2.05) is 0 Å². The van der Waals surface area contributed by atoms with E-state index in [0.29, 0.717) is 10.9 Å². The first-order valence-electron chi connectivity index (χ1n) is 5.58. The van der Waals surface area contributed by atoms with Gasteiger partial charge < -0.3 is 9.30 Å². The third kappa shape index (κ3) is 1.85. The van der Waals surface area contributed by atoms with Crippen LogP contribution in [-0.2, 0) is 22.5 Å². The van der Waals surface area contributed by atoms with Gasteiger partial charge in [-0.25, -0.2) is 4.79 Å². The van der Waals surface area contributed by atoms with Crippen molar-refractivity contribution in [3.63, 3.8) is 0 Å². The minimum atomic E-state index is -3.64. The molecule has 0 aliphatic carbocycles.